The van der Waals surface area contributed by atoms with Gasteiger partial charge in [-0.25, -0.2) is 8.42 Å². The highest BCUT2D eigenvalue weighted by Gasteiger charge is 2.21. The summed E-state index contributed by atoms with van der Waals surface area (Å²) in [7, 11) is -1.69. The molecule has 0 spiro atoms. The van der Waals surface area contributed by atoms with Gasteiger partial charge in [-0.1, -0.05) is 36.4 Å². The van der Waals surface area contributed by atoms with Crippen LogP contribution in [-0.4, -0.2) is 57.2 Å². The Morgan fingerprint density at radius 3 is 2.29 bits per heavy atom. The van der Waals surface area contributed by atoms with E-state index in [1.54, 1.807) is 19.2 Å². The fourth-order valence-electron chi connectivity index (χ4n) is 3.57. The quantitative estimate of drug-likeness (QED) is 0.652. The Morgan fingerprint density at radius 2 is 1.71 bits per heavy atom. The Balaban J connectivity index is 1.60. The van der Waals surface area contributed by atoms with Gasteiger partial charge in [-0.2, -0.15) is 0 Å². The van der Waals surface area contributed by atoms with Crippen molar-refractivity contribution in [3.8, 4) is 11.1 Å². The maximum Gasteiger partial charge on any atom is 0.178 e. The average molecular weight is 404 g/mol. The molecule has 0 bridgehead atoms. The molecule has 28 heavy (non-hydrogen) atoms. The summed E-state index contributed by atoms with van der Waals surface area (Å²) in [5.74, 6) is 0.0978. The van der Waals surface area contributed by atoms with Crippen molar-refractivity contribution in [2.45, 2.75) is 36.8 Å². The zero-order valence-electron chi connectivity index (χ0n) is 16.4. The number of hydrogen-bond donors (Lipinski definition) is 1. The average Bonchev–Trinajstić information content (AvgIpc) is 3.12. The molecule has 1 aliphatic rings. The van der Waals surface area contributed by atoms with Gasteiger partial charge in [0, 0.05) is 26.8 Å². The van der Waals surface area contributed by atoms with Gasteiger partial charge < -0.3 is 9.84 Å². The number of rotatable bonds is 9. The standard InChI is InChI=1S/C22H29NO4S/c1-27-16-3-17-28(25,26)21-11-9-20(10-12-21)19-7-5-18(6-8-19)13-15-23-14-2-4-22(23)24/h5-12,22,24H,2-4,13-17H2,1H3/t22-/m1/s1. The third-order valence-electron chi connectivity index (χ3n) is 5.28. The van der Waals surface area contributed by atoms with Crippen LogP contribution in [0.15, 0.2) is 53.4 Å². The molecule has 152 valence electrons. The van der Waals surface area contributed by atoms with Crippen molar-refractivity contribution in [2.24, 2.45) is 0 Å². The minimum absolute atomic E-state index is 0.0978. The number of aliphatic hydroxyl groups excluding tert-OH is 1. The second-order valence-corrected chi connectivity index (χ2v) is 9.40. The van der Waals surface area contributed by atoms with E-state index in [0.29, 0.717) is 17.9 Å². The molecule has 6 heteroatoms. The first kappa shape index (κ1) is 21.0. The molecule has 2 aromatic carbocycles. The number of benzene rings is 2. The SMILES string of the molecule is COCCCS(=O)(=O)c1ccc(-c2ccc(CCN3CCC[C@H]3O)cc2)cc1. The highest BCUT2D eigenvalue weighted by atomic mass is 32.2. The van der Waals surface area contributed by atoms with E-state index in [1.807, 2.05) is 12.1 Å². The third kappa shape index (κ3) is 5.41. The van der Waals surface area contributed by atoms with E-state index >= 15 is 0 Å². The summed E-state index contributed by atoms with van der Waals surface area (Å²) in [6.07, 6.45) is 3.06. The second-order valence-electron chi connectivity index (χ2n) is 7.30. The van der Waals surface area contributed by atoms with Gasteiger partial charge in [0.1, 0.15) is 6.23 Å². The molecular formula is C22H29NO4S. The van der Waals surface area contributed by atoms with Crippen LogP contribution in [0.5, 0.6) is 0 Å². The minimum Gasteiger partial charge on any atom is -0.385 e. The lowest BCUT2D eigenvalue weighted by Gasteiger charge is -2.19. The largest absolute Gasteiger partial charge is 0.385 e. The van der Waals surface area contributed by atoms with Crippen molar-refractivity contribution < 1.29 is 18.3 Å². The number of aliphatic hydroxyl groups is 1. The van der Waals surface area contributed by atoms with Crippen LogP contribution in [0.25, 0.3) is 11.1 Å². The highest BCUT2D eigenvalue weighted by Crippen LogP contribution is 2.23. The molecule has 1 N–H and O–H groups in total. The van der Waals surface area contributed by atoms with Crippen molar-refractivity contribution in [3.63, 3.8) is 0 Å². The lowest BCUT2D eigenvalue weighted by atomic mass is 10.0. The Kier molecular flexibility index (Phi) is 7.24. The third-order valence-corrected chi connectivity index (χ3v) is 7.10. The van der Waals surface area contributed by atoms with E-state index in [4.69, 9.17) is 4.74 Å². The van der Waals surface area contributed by atoms with Crippen molar-refractivity contribution >= 4 is 9.84 Å². The highest BCUT2D eigenvalue weighted by molar-refractivity contribution is 7.91. The number of hydrogen-bond acceptors (Lipinski definition) is 5. The predicted octanol–water partition coefficient (Wildman–Crippen LogP) is 3.12. The molecule has 1 atom stereocenters. The van der Waals surface area contributed by atoms with Crippen LogP contribution in [0.1, 0.15) is 24.8 Å². The number of sulfone groups is 1. The van der Waals surface area contributed by atoms with E-state index in [0.717, 1.165) is 43.5 Å². The van der Waals surface area contributed by atoms with Gasteiger partial charge in [-0.3, -0.25) is 4.90 Å². The van der Waals surface area contributed by atoms with E-state index in [9.17, 15) is 13.5 Å². The molecule has 2 aromatic rings. The van der Waals surface area contributed by atoms with Gasteiger partial charge >= 0.3 is 0 Å². The van der Waals surface area contributed by atoms with Gasteiger partial charge in [-0.05, 0) is 54.5 Å². The lowest BCUT2D eigenvalue weighted by molar-refractivity contribution is 0.0392. The van der Waals surface area contributed by atoms with Crippen LogP contribution in [0.4, 0.5) is 0 Å². The zero-order valence-corrected chi connectivity index (χ0v) is 17.2. The summed E-state index contributed by atoms with van der Waals surface area (Å²) in [5, 5.41) is 9.88. The molecule has 0 amide bonds. The molecule has 1 aliphatic heterocycles. The minimum atomic E-state index is -3.26. The van der Waals surface area contributed by atoms with Gasteiger partial charge in [0.25, 0.3) is 0 Å². The van der Waals surface area contributed by atoms with Crippen molar-refractivity contribution in [1.82, 2.24) is 4.90 Å². The van der Waals surface area contributed by atoms with Crippen LogP contribution in [-0.2, 0) is 21.0 Å². The fourth-order valence-corrected chi connectivity index (χ4v) is 4.86. The van der Waals surface area contributed by atoms with Crippen LogP contribution < -0.4 is 0 Å². The monoisotopic (exact) mass is 403 g/mol. The maximum atomic E-state index is 12.3. The molecule has 0 saturated carbocycles. The van der Waals surface area contributed by atoms with Gasteiger partial charge in [0.15, 0.2) is 9.84 Å². The fraction of sp³-hybridized carbons (Fsp3) is 0.455. The summed E-state index contributed by atoms with van der Waals surface area (Å²) >= 11 is 0. The summed E-state index contributed by atoms with van der Waals surface area (Å²) in [6, 6.07) is 15.4. The molecule has 0 unspecified atom stereocenters. The van der Waals surface area contributed by atoms with E-state index in [2.05, 4.69) is 29.2 Å². The second kappa shape index (κ2) is 9.65. The van der Waals surface area contributed by atoms with Crippen LogP contribution in [0.3, 0.4) is 0 Å². The van der Waals surface area contributed by atoms with Crippen LogP contribution >= 0.6 is 0 Å². The number of methoxy groups -OCH3 is 1. The Hall–Kier alpha value is -1.73. The van der Waals surface area contributed by atoms with Crippen LogP contribution in [0, 0.1) is 0 Å². The summed E-state index contributed by atoms with van der Waals surface area (Å²) < 4.78 is 29.6. The topological polar surface area (TPSA) is 66.8 Å². The predicted molar refractivity (Wildman–Crippen MR) is 111 cm³/mol. The first-order valence-electron chi connectivity index (χ1n) is 9.83. The summed E-state index contributed by atoms with van der Waals surface area (Å²) in [4.78, 5) is 2.48. The van der Waals surface area contributed by atoms with Crippen molar-refractivity contribution in [2.75, 3.05) is 32.6 Å². The lowest BCUT2D eigenvalue weighted by Crippen LogP contribution is -2.30. The van der Waals surface area contributed by atoms with Crippen molar-refractivity contribution in [3.05, 3.63) is 54.1 Å². The molecule has 3 rings (SSSR count). The molecule has 5 nitrogen and oxygen atoms in total. The molecule has 1 saturated heterocycles. The summed E-state index contributed by atoms with van der Waals surface area (Å²) in [5.41, 5.74) is 3.30. The normalized spacial score (nSPS) is 17.9. The van der Waals surface area contributed by atoms with Crippen LogP contribution in [0.2, 0.25) is 0 Å². The maximum absolute atomic E-state index is 12.3. The first-order valence-corrected chi connectivity index (χ1v) is 11.5. The van der Waals surface area contributed by atoms with E-state index < -0.39 is 9.84 Å². The Bertz CT molecular complexity index is 847. The number of ether oxygens (including phenoxy) is 1. The molecule has 1 fully saturated rings. The number of likely N-dealkylation sites (tertiary alicyclic amines) is 1. The van der Waals surface area contributed by atoms with Gasteiger partial charge in [0.2, 0.25) is 0 Å². The Morgan fingerprint density at radius 1 is 1.07 bits per heavy atom. The van der Waals surface area contributed by atoms with Gasteiger partial charge in [-0.15, -0.1) is 0 Å². The molecule has 0 aliphatic carbocycles. The molecule has 1 heterocycles. The van der Waals surface area contributed by atoms with Crippen molar-refractivity contribution in [1.29, 1.82) is 0 Å². The smallest absolute Gasteiger partial charge is 0.178 e. The molecule has 0 radical (unpaired) electrons. The Labute approximate surface area is 167 Å². The van der Waals surface area contributed by atoms with E-state index in [1.165, 1.54) is 5.56 Å². The summed E-state index contributed by atoms with van der Waals surface area (Å²) in [6.45, 7) is 2.29. The van der Waals surface area contributed by atoms with Gasteiger partial charge in [0.05, 0.1) is 10.6 Å². The van der Waals surface area contributed by atoms with E-state index in [-0.39, 0.29) is 12.0 Å². The molecular weight excluding hydrogens is 374 g/mol. The molecule has 0 aromatic heterocycles. The zero-order chi connectivity index (χ0) is 20.0. The first-order chi connectivity index (χ1) is 13.5. The number of nitrogens with zero attached hydrogens (tertiary/aromatic N) is 1.